The van der Waals surface area contributed by atoms with E-state index in [0.717, 1.165) is 22.9 Å². The Kier molecular flexibility index (Phi) is 4.96. The smallest absolute Gasteiger partial charge is 0.0849 e. The predicted octanol–water partition coefficient (Wildman–Crippen LogP) is 4.01. The number of nitrogens with zero attached hydrogens (tertiary/aromatic N) is 1. The van der Waals surface area contributed by atoms with Gasteiger partial charge in [-0.15, -0.1) is 0 Å². The Morgan fingerprint density at radius 3 is 1.75 bits per heavy atom. The lowest BCUT2D eigenvalue weighted by molar-refractivity contribution is 0.683. The van der Waals surface area contributed by atoms with Gasteiger partial charge in [0.2, 0.25) is 0 Å². The molecule has 2 aromatic rings. The average Bonchev–Trinajstić information content (AvgIpc) is 2.49. The molecule has 2 rings (SSSR count). The summed E-state index contributed by atoms with van der Waals surface area (Å²) in [5.74, 6) is 0. The molecule has 0 aliphatic rings. The minimum Gasteiger partial charge on any atom is -0.372 e. The number of hydrogen-bond acceptors (Lipinski definition) is 2. The second-order valence-electron chi connectivity index (χ2n) is 4.75. The summed E-state index contributed by atoms with van der Waals surface area (Å²) in [5, 5.41) is 0. The first-order valence-corrected chi connectivity index (χ1v) is 8.14. The first kappa shape index (κ1) is 14.8. The fourth-order valence-electron chi connectivity index (χ4n) is 2.17. The van der Waals surface area contributed by atoms with Crippen molar-refractivity contribution >= 4 is 16.5 Å². The second kappa shape index (κ2) is 6.71. The van der Waals surface area contributed by atoms with E-state index in [0.29, 0.717) is 0 Å². The van der Waals surface area contributed by atoms with Crippen LogP contribution in [-0.4, -0.2) is 17.3 Å². The molecule has 20 heavy (non-hydrogen) atoms. The Balaban J connectivity index is 2.21. The molecule has 0 N–H and O–H groups in total. The van der Waals surface area contributed by atoms with Crippen molar-refractivity contribution in [2.24, 2.45) is 0 Å². The molecule has 1 atom stereocenters. The van der Waals surface area contributed by atoms with Gasteiger partial charge >= 0.3 is 0 Å². The lowest BCUT2D eigenvalue weighted by Gasteiger charge is -2.21. The maximum atomic E-state index is 12.5. The van der Waals surface area contributed by atoms with Crippen molar-refractivity contribution in [1.29, 1.82) is 0 Å². The van der Waals surface area contributed by atoms with E-state index in [9.17, 15) is 4.21 Å². The van der Waals surface area contributed by atoms with E-state index in [1.54, 1.807) is 0 Å². The number of benzene rings is 2. The molecular weight excluding hydrogens is 266 g/mol. The number of anilines is 1. The zero-order valence-corrected chi connectivity index (χ0v) is 13.1. The molecule has 0 aromatic heterocycles. The summed E-state index contributed by atoms with van der Waals surface area (Å²) in [7, 11) is -1.10. The number of hydrogen-bond donors (Lipinski definition) is 0. The molecule has 0 saturated heterocycles. The molecule has 0 radical (unpaired) electrons. The zero-order chi connectivity index (χ0) is 14.5. The number of aryl methyl sites for hydroxylation is 1. The van der Waals surface area contributed by atoms with E-state index < -0.39 is 10.8 Å². The highest BCUT2D eigenvalue weighted by molar-refractivity contribution is 7.85. The van der Waals surface area contributed by atoms with E-state index in [1.165, 1.54) is 11.3 Å². The third kappa shape index (κ3) is 3.28. The lowest BCUT2D eigenvalue weighted by atomic mass is 10.2. The van der Waals surface area contributed by atoms with E-state index in [4.69, 9.17) is 0 Å². The molecule has 2 nitrogen and oxygen atoms in total. The summed E-state index contributed by atoms with van der Waals surface area (Å²) in [6.45, 7) is 8.28. The minimum atomic E-state index is -1.10. The van der Waals surface area contributed by atoms with Crippen LogP contribution in [0.4, 0.5) is 5.69 Å². The van der Waals surface area contributed by atoms with Gasteiger partial charge in [0.1, 0.15) is 0 Å². The van der Waals surface area contributed by atoms with E-state index in [-0.39, 0.29) is 0 Å². The Morgan fingerprint density at radius 2 is 1.30 bits per heavy atom. The fraction of sp³-hybridized carbons (Fsp3) is 0.294. The number of rotatable bonds is 5. The van der Waals surface area contributed by atoms with Crippen LogP contribution in [-0.2, 0) is 10.8 Å². The first-order valence-electron chi connectivity index (χ1n) is 6.99. The summed E-state index contributed by atoms with van der Waals surface area (Å²) in [6, 6.07) is 15.9. The summed E-state index contributed by atoms with van der Waals surface area (Å²) >= 11 is 0. The van der Waals surface area contributed by atoms with Crippen molar-refractivity contribution < 1.29 is 4.21 Å². The van der Waals surface area contributed by atoms with Crippen LogP contribution in [0.5, 0.6) is 0 Å². The van der Waals surface area contributed by atoms with Crippen molar-refractivity contribution in [1.82, 2.24) is 0 Å². The minimum absolute atomic E-state index is 0.852. The summed E-state index contributed by atoms with van der Waals surface area (Å²) in [4.78, 5) is 3.98. The maximum absolute atomic E-state index is 12.5. The Morgan fingerprint density at radius 1 is 0.850 bits per heavy atom. The molecule has 0 heterocycles. The largest absolute Gasteiger partial charge is 0.372 e. The van der Waals surface area contributed by atoms with Crippen LogP contribution in [0.25, 0.3) is 0 Å². The molecule has 0 bridgehead atoms. The van der Waals surface area contributed by atoms with Crippen molar-refractivity contribution in [2.75, 3.05) is 18.0 Å². The molecular formula is C17H21NOS. The predicted molar refractivity (Wildman–Crippen MR) is 85.9 cm³/mol. The van der Waals surface area contributed by atoms with Crippen molar-refractivity contribution in [3.8, 4) is 0 Å². The third-order valence-corrected chi connectivity index (χ3v) is 4.82. The van der Waals surface area contributed by atoms with E-state index >= 15 is 0 Å². The van der Waals surface area contributed by atoms with Gasteiger partial charge in [0.25, 0.3) is 0 Å². The van der Waals surface area contributed by atoms with Gasteiger partial charge in [-0.2, -0.15) is 0 Å². The van der Waals surface area contributed by atoms with Gasteiger partial charge in [0, 0.05) is 28.6 Å². The van der Waals surface area contributed by atoms with Gasteiger partial charge in [-0.3, -0.25) is 0 Å². The summed E-state index contributed by atoms with van der Waals surface area (Å²) in [6.07, 6.45) is 0. The lowest BCUT2D eigenvalue weighted by Crippen LogP contribution is -2.21. The molecule has 0 aliphatic carbocycles. The molecule has 1 unspecified atom stereocenters. The van der Waals surface area contributed by atoms with Gasteiger partial charge < -0.3 is 4.90 Å². The summed E-state index contributed by atoms with van der Waals surface area (Å²) < 4.78 is 12.5. The zero-order valence-electron chi connectivity index (χ0n) is 12.3. The van der Waals surface area contributed by atoms with Gasteiger partial charge in [-0.25, -0.2) is 4.21 Å². The van der Waals surface area contributed by atoms with Gasteiger partial charge in [-0.05, 0) is 57.2 Å². The van der Waals surface area contributed by atoms with Gasteiger partial charge in [-0.1, -0.05) is 17.7 Å². The standard InChI is InChI=1S/C17H21NOS/c1-4-18(5-2)15-8-12-17(13-9-15)20(19)16-10-6-14(3)7-11-16/h6-13H,4-5H2,1-3H3. The molecule has 106 valence electrons. The van der Waals surface area contributed by atoms with Gasteiger partial charge in [0.05, 0.1) is 10.8 Å². The average molecular weight is 287 g/mol. The topological polar surface area (TPSA) is 20.3 Å². The van der Waals surface area contributed by atoms with Crippen LogP contribution in [0.15, 0.2) is 58.3 Å². The van der Waals surface area contributed by atoms with Crippen LogP contribution in [0, 0.1) is 6.92 Å². The normalized spacial score (nSPS) is 12.2. The Bertz CT molecular complexity index is 571. The quantitative estimate of drug-likeness (QED) is 0.828. The van der Waals surface area contributed by atoms with Crippen LogP contribution < -0.4 is 4.90 Å². The molecule has 2 aromatic carbocycles. The van der Waals surface area contributed by atoms with Crippen molar-refractivity contribution in [2.45, 2.75) is 30.6 Å². The van der Waals surface area contributed by atoms with Crippen molar-refractivity contribution in [3.63, 3.8) is 0 Å². The molecule has 0 fully saturated rings. The Hall–Kier alpha value is -1.61. The molecule has 0 spiro atoms. The highest BCUT2D eigenvalue weighted by Crippen LogP contribution is 2.21. The highest BCUT2D eigenvalue weighted by Gasteiger charge is 2.08. The van der Waals surface area contributed by atoms with Crippen LogP contribution in [0.1, 0.15) is 19.4 Å². The van der Waals surface area contributed by atoms with E-state index in [1.807, 2.05) is 43.3 Å². The van der Waals surface area contributed by atoms with Crippen LogP contribution in [0.2, 0.25) is 0 Å². The molecule has 3 heteroatoms. The fourth-order valence-corrected chi connectivity index (χ4v) is 3.21. The summed E-state index contributed by atoms with van der Waals surface area (Å²) in [5.41, 5.74) is 2.36. The molecule has 0 aliphatic heterocycles. The first-order chi connectivity index (χ1) is 9.65. The van der Waals surface area contributed by atoms with Crippen LogP contribution in [0.3, 0.4) is 0 Å². The monoisotopic (exact) mass is 287 g/mol. The van der Waals surface area contributed by atoms with Gasteiger partial charge in [0.15, 0.2) is 0 Å². The Labute approximate surface area is 123 Å². The van der Waals surface area contributed by atoms with Crippen molar-refractivity contribution in [3.05, 3.63) is 54.1 Å². The highest BCUT2D eigenvalue weighted by atomic mass is 32.2. The molecule has 0 amide bonds. The van der Waals surface area contributed by atoms with Crippen LogP contribution >= 0.6 is 0 Å². The maximum Gasteiger partial charge on any atom is 0.0849 e. The molecule has 0 saturated carbocycles. The third-order valence-electron chi connectivity index (χ3n) is 3.41. The second-order valence-corrected chi connectivity index (χ2v) is 6.23. The van der Waals surface area contributed by atoms with E-state index in [2.05, 4.69) is 30.9 Å². The SMILES string of the molecule is CCN(CC)c1ccc(S(=O)c2ccc(C)cc2)cc1.